The highest BCUT2D eigenvalue weighted by Crippen LogP contribution is 2.42. The summed E-state index contributed by atoms with van der Waals surface area (Å²) in [6, 6.07) is 12.3. The van der Waals surface area contributed by atoms with Crippen LogP contribution in [0.2, 0.25) is 0 Å². The van der Waals surface area contributed by atoms with Gasteiger partial charge >= 0.3 is 0 Å². The van der Waals surface area contributed by atoms with Crippen molar-refractivity contribution in [2.75, 3.05) is 0 Å². The number of hydrogen-bond acceptors (Lipinski definition) is 2. The van der Waals surface area contributed by atoms with Crippen LogP contribution in [-0.2, 0) is 0 Å². The fourth-order valence-corrected chi connectivity index (χ4v) is 2.73. The van der Waals surface area contributed by atoms with Crippen LogP contribution in [0.5, 0.6) is 5.75 Å². The molecule has 0 bridgehead atoms. The Bertz CT molecular complexity index is 673. The van der Waals surface area contributed by atoms with Gasteiger partial charge in [0, 0.05) is 23.2 Å². The van der Waals surface area contributed by atoms with Gasteiger partial charge in [0.25, 0.3) is 0 Å². The van der Waals surface area contributed by atoms with E-state index >= 15 is 0 Å². The van der Waals surface area contributed by atoms with Gasteiger partial charge in [-0.2, -0.15) is 0 Å². The van der Waals surface area contributed by atoms with Crippen LogP contribution in [-0.4, -0.2) is 11.1 Å². The standard InChI is InChI=1S/C17H13NO/c1-2-7-16-13(5-1)14-9-8-12(11-17(14)19-16)15-6-3-4-10-18-15/h1-11,13,16H. The molecule has 2 nitrogen and oxygen atoms in total. The van der Waals surface area contributed by atoms with Gasteiger partial charge in [0.2, 0.25) is 0 Å². The molecule has 1 aromatic heterocycles. The fourth-order valence-electron chi connectivity index (χ4n) is 2.73. The molecule has 1 aliphatic heterocycles. The SMILES string of the molecule is C1=CC2Oc3cc(-c4ccccn4)ccc3C2C=C1. The smallest absolute Gasteiger partial charge is 0.128 e. The van der Waals surface area contributed by atoms with Crippen molar-refractivity contribution in [2.45, 2.75) is 12.0 Å². The largest absolute Gasteiger partial charge is 0.485 e. The minimum atomic E-state index is 0.152. The minimum absolute atomic E-state index is 0.152. The van der Waals surface area contributed by atoms with Crippen molar-refractivity contribution in [1.82, 2.24) is 4.98 Å². The Labute approximate surface area is 112 Å². The number of fused-ring (bicyclic) bond motifs is 3. The second kappa shape index (κ2) is 4.09. The Hall–Kier alpha value is -2.35. The van der Waals surface area contributed by atoms with Crippen molar-refractivity contribution in [3.8, 4) is 17.0 Å². The predicted octanol–water partition coefficient (Wildman–Crippen LogP) is 3.72. The minimum Gasteiger partial charge on any atom is -0.485 e. The second-order valence-corrected chi connectivity index (χ2v) is 4.85. The molecule has 1 aliphatic carbocycles. The number of hydrogen-bond donors (Lipinski definition) is 0. The quantitative estimate of drug-likeness (QED) is 0.766. The lowest BCUT2D eigenvalue weighted by atomic mass is 9.91. The van der Waals surface area contributed by atoms with Gasteiger partial charge in [0.1, 0.15) is 11.9 Å². The van der Waals surface area contributed by atoms with Crippen LogP contribution in [0.1, 0.15) is 11.5 Å². The van der Waals surface area contributed by atoms with Crippen molar-refractivity contribution in [1.29, 1.82) is 0 Å². The lowest BCUT2D eigenvalue weighted by molar-refractivity contribution is 0.269. The topological polar surface area (TPSA) is 22.1 Å². The maximum Gasteiger partial charge on any atom is 0.128 e. The third kappa shape index (κ3) is 1.68. The molecule has 0 fully saturated rings. The third-order valence-corrected chi connectivity index (χ3v) is 3.68. The molecule has 92 valence electrons. The number of ether oxygens (including phenoxy) is 1. The monoisotopic (exact) mass is 247 g/mol. The second-order valence-electron chi connectivity index (χ2n) is 4.85. The average Bonchev–Trinajstić information content (AvgIpc) is 2.86. The molecular formula is C17H13NO. The number of benzene rings is 1. The van der Waals surface area contributed by atoms with E-state index in [4.69, 9.17) is 4.74 Å². The van der Waals surface area contributed by atoms with E-state index in [0.717, 1.165) is 17.0 Å². The van der Waals surface area contributed by atoms with Gasteiger partial charge in [-0.25, -0.2) is 0 Å². The van der Waals surface area contributed by atoms with E-state index in [9.17, 15) is 0 Å². The Balaban J connectivity index is 1.77. The van der Waals surface area contributed by atoms with Crippen molar-refractivity contribution in [2.24, 2.45) is 0 Å². The van der Waals surface area contributed by atoms with Crippen molar-refractivity contribution in [3.05, 3.63) is 72.5 Å². The Morgan fingerprint density at radius 2 is 1.95 bits per heavy atom. The van der Waals surface area contributed by atoms with Crippen molar-refractivity contribution >= 4 is 0 Å². The first kappa shape index (κ1) is 10.6. The Morgan fingerprint density at radius 1 is 1.00 bits per heavy atom. The van der Waals surface area contributed by atoms with Crippen molar-refractivity contribution < 1.29 is 4.74 Å². The molecule has 2 aliphatic rings. The summed E-state index contributed by atoms with van der Waals surface area (Å²) >= 11 is 0. The zero-order chi connectivity index (χ0) is 12.7. The molecular weight excluding hydrogens is 234 g/mol. The summed E-state index contributed by atoms with van der Waals surface area (Å²) in [6.45, 7) is 0. The lowest BCUT2D eigenvalue weighted by Gasteiger charge is -2.13. The summed E-state index contributed by atoms with van der Waals surface area (Å²) in [5, 5.41) is 0. The van der Waals surface area contributed by atoms with E-state index in [1.165, 1.54) is 5.56 Å². The molecule has 2 atom stereocenters. The summed E-state index contributed by atoms with van der Waals surface area (Å²) in [5.74, 6) is 1.34. The first-order valence-electron chi connectivity index (χ1n) is 6.49. The molecule has 2 heteroatoms. The normalized spacial score (nSPS) is 22.7. The molecule has 0 spiro atoms. The van der Waals surface area contributed by atoms with Gasteiger partial charge < -0.3 is 4.74 Å². The van der Waals surface area contributed by atoms with E-state index in [1.807, 2.05) is 30.5 Å². The molecule has 19 heavy (non-hydrogen) atoms. The summed E-state index contributed by atoms with van der Waals surface area (Å²) in [4.78, 5) is 4.38. The van der Waals surface area contributed by atoms with Gasteiger partial charge in [-0.1, -0.05) is 36.4 Å². The number of aromatic nitrogens is 1. The summed E-state index contributed by atoms with van der Waals surface area (Å²) in [6.07, 6.45) is 10.4. The maximum absolute atomic E-state index is 6.01. The van der Waals surface area contributed by atoms with E-state index in [-0.39, 0.29) is 6.10 Å². The number of allylic oxidation sites excluding steroid dienone is 2. The van der Waals surface area contributed by atoms with E-state index < -0.39 is 0 Å². The fraction of sp³-hybridized carbons (Fsp3) is 0.118. The number of pyridine rings is 1. The maximum atomic E-state index is 6.01. The molecule has 2 unspecified atom stereocenters. The van der Waals surface area contributed by atoms with E-state index in [0.29, 0.717) is 5.92 Å². The molecule has 0 amide bonds. The van der Waals surface area contributed by atoms with Crippen LogP contribution in [0.25, 0.3) is 11.3 Å². The Morgan fingerprint density at radius 3 is 2.84 bits per heavy atom. The average molecular weight is 247 g/mol. The highest BCUT2D eigenvalue weighted by Gasteiger charge is 2.31. The predicted molar refractivity (Wildman–Crippen MR) is 75.1 cm³/mol. The highest BCUT2D eigenvalue weighted by molar-refractivity contribution is 5.64. The van der Waals surface area contributed by atoms with Gasteiger partial charge in [-0.05, 0) is 24.3 Å². The zero-order valence-electron chi connectivity index (χ0n) is 10.4. The molecule has 1 aromatic carbocycles. The molecule has 4 rings (SSSR count). The zero-order valence-corrected chi connectivity index (χ0v) is 10.4. The van der Waals surface area contributed by atoms with Crippen LogP contribution in [0.15, 0.2) is 66.9 Å². The van der Waals surface area contributed by atoms with Crippen LogP contribution < -0.4 is 4.74 Å². The molecule has 0 saturated heterocycles. The van der Waals surface area contributed by atoms with Crippen LogP contribution in [0.3, 0.4) is 0 Å². The summed E-state index contributed by atoms with van der Waals surface area (Å²) in [7, 11) is 0. The summed E-state index contributed by atoms with van der Waals surface area (Å²) < 4.78 is 6.01. The number of nitrogens with zero attached hydrogens (tertiary/aromatic N) is 1. The molecule has 0 N–H and O–H groups in total. The van der Waals surface area contributed by atoms with E-state index in [2.05, 4.69) is 41.4 Å². The Kier molecular flexibility index (Phi) is 2.27. The number of rotatable bonds is 1. The van der Waals surface area contributed by atoms with Crippen LogP contribution >= 0.6 is 0 Å². The summed E-state index contributed by atoms with van der Waals surface area (Å²) in [5.41, 5.74) is 3.35. The highest BCUT2D eigenvalue weighted by atomic mass is 16.5. The first-order valence-corrected chi connectivity index (χ1v) is 6.49. The lowest BCUT2D eigenvalue weighted by Crippen LogP contribution is -2.15. The van der Waals surface area contributed by atoms with Gasteiger partial charge in [0.15, 0.2) is 0 Å². The van der Waals surface area contributed by atoms with E-state index in [1.54, 1.807) is 0 Å². The molecule has 0 saturated carbocycles. The molecule has 0 radical (unpaired) electrons. The van der Waals surface area contributed by atoms with Crippen LogP contribution in [0, 0.1) is 0 Å². The van der Waals surface area contributed by atoms with Gasteiger partial charge in [-0.15, -0.1) is 0 Å². The third-order valence-electron chi connectivity index (χ3n) is 3.68. The van der Waals surface area contributed by atoms with Gasteiger partial charge in [0.05, 0.1) is 5.69 Å². The molecule has 2 heterocycles. The first-order chi connectivity index (χ1) is 9.42. The molecule has 2 aromatic rings. The van der Waals surface area contributed by atoms with Crippen molar-refractivity contribution in [3.63, 3.8) is 0 Å². The van der Waals surface area contributed by atoms with Gasteiger partial charge in [-0.3, -0.25) is 4.98 Å². The van der Waals surface area contributed by atoms with Crippen LogP contribution in [0.4, 0.5) is 0 Å².